The summed E-state index contributed by atoms with van der Waals surface area (Å²) in [7, 11) is 2.18. The summed E-state index contributed by atoms with van der Waals surface area (Å²) in [6.07, 6.45) is 3.54. The van der Waals surface area contributed by atoms with Gasteiger partial charge in [-0.1, -0.05) is 6.42 Å². The first kappa shape index (κ1) is 13.9. The van der Waals surface area contributed by atoms with Crippen LogP contribution >= 0.6 is 0 Å². The standard InChI is InChI=1S/C12H26N2O2/c1-3-16-10-12(15)9-13-8-11-6-4-5-7-14(11)2/h11-13,15H,3-10H2,1-2H3. The van der Waals surface area contributed by atoms with Crippen LogP contribution in [0.15, 0.2) is 0 Å². The fourth-order valence-corrected chi connectivity index (χ4v) is 2.13. The van der Waals surface area contributed by atoms with E-state index >= 15 is 0 Å². The van der Waals surface area contributed by atoms with Crippen molar-refractivity contribution in [3.8, 4) is 0 Å². The lowest BCUT2D eigenvalue weighted by molar-refractivity contribution is 0.0415. The summed E-state index contributed by atoms with van der Waals surface area (Å²) < 4.78 is 5.16. The number of nitrogens with zero attached hydrogens (tertiary/aromatic N) is 1. The molecule has 0 amide bonds. The predicted octanol–water partition coefficient (Wildman–Crippen LogP) is 0.458. The van der Waals surface area contributed by atoms with Crippen molar-refractivity contribution in [2.45, 2.75) is 38.3 Å². The molecule has 4 nitrogen and oxygen atoms in total. The normalized spacial score (nSPS) is 24.6. The number of likely N-dealkylation sites (N-methyl/N-ethyl adjacent to an activating group) is 1. The maximum atomic E-state index is 9.57. The molecule has 0 spiro atoms. The van der Waals surface area contributed by atoms with Crippen LogP contribution in [0.25, 0.3) is 0 Å². The van der Waals surface area contributed by atoms with Gasteiger partial charge >= 0.3 is 0 Å². The van der Waals surface area contributed by atoms with Crippen LogP contribution in [-0.4, -0.2) is 62.0 Å². The Morgan fingerprint density at radius 3 is 3.00 bits per heavy atom. The van der Waals surface area contributed by atoms with E-state index in [1.54, 1.807) is 0 Å². The SMILES string of the molecule is CCOCC(O)CNCC1CCCCN1C. The number of hydrogen-bond acceptors (Lipinski definition) is 4. The minimum Gasteiger partial charge on any atom is -0.389 e. The molecule has 1 fully saturated rings. The van der Waals surface area contributed by atoms with Crippen molar-refractivity contribution in [1.82, 2.24) is 10.2 Å². The van der Waals surface area contributed by atoms with Crippen molar-refractivity contribution in [2.75, 3.05) is 39.9 Å². The molecule has 1 aliphatic heterocycles. The van der Waals surface area contributed by atoms with Crippen molar-refractivity contribution >= 4 is 0 Å². The topological polar surface area (TPSA) is 44.7 Å². The van der Waals surface area contributed by atoms with Gasteiger partial charge in [-0.25, -0.2) is 0 Å². The molecular weight excluding hydrogens is 204 g/mol. The summed E-state index contributed by atoms with van der Waals surface area (Å²) in [4.78, 5) is 2.41. The van der Waals surface area contributed by atoms with E-state index in [9.17, 15) is 5.11 Å². The van der Waals surface area contributed by atoms with Crippen LogP contribution < -0.4 is 5.32 Å². The van der Waals surface area contributed by atoms with Gasteiger partial charge in [-0.15, -0.1) is 0 Å². The molecule has 0 aromatic carbocycles. The molecule has 4 heteroatoms. The summed E-state index contributed by atoms with van der Waals surface area (Å²) in [5.74, 6) is 0. The maximum absolute atomic E-state index is 9.57. The molecule has 0 bridgehead atoms. The van der Waals surface area contributed by atoms with Crippen molar-refractivity contribution in [1.29, 1.82) is 0 Å². The Morgan fingerprint density at radius 1 is 1.50 bits per heavy atom. The highest BCUT2D eigenvalue weighted by molar-refractivity contribution is 4.76. The smallest absolute Gasteiger partial charge is 0.0897 e. The van der Waals surface area contributed by atoms with Gasteiger partial charge in [-0.3, -0.25) is 0 Å². The van der Waals surface area contributed by atoms with Crippen LogP contribution in [0.2, 0.25) is 0 Å². The minimum absolute atomic E-state index is 0.381. The molecule has 1 rings (SSSR count). The van der Waals surface area contributed by atoms with Gasteiger partial charge in [-0.2, -0.15) is 0 Å². The summed E-state index contributed by atoms with van der Waals surface area (Å²) >= 11 is 0. The van der Waals surface area contributed by atoms with Crippen LogP contribution in [0.1, 0.15) is 26.2 Å². The first-order valence-electron chi connectivity index (χ1n) is 6.40. The van der Waals surface area contributed by atoms with E-state index in [1.807, 2.05) is 6.92 Å². The zero-order valence-electron chi connectivity index (χ0n) is 10.6. The molecule has 0 radical (unpaired) electrons. The number of piperidine rings is 1. The number of hydrogen-bond donors (Lipinski definition) is 2. The monoisotopic (exact) mass is 230 g/mol. The fraction of sp³-hybridized carbons (Fsp3) is 1.00. The fourth-order valence-electron chi connectivity index (χ4n) is 2.13. The van der Waals surface area contributed by atoms with Crippen LogP contribution in [0.5, 0.6) is 0 Å². The second-order valence-corrected chi connectivity index (χ2v) is 4.60. The Bertz CT molecular complexity index is 178. The molecule has 1 saturated heterocycles. The average molecular weight is 230 g/mol. The molecule has 2 N–H and O–H groups in total. The minimum atomic E-state index is -0.381. The van der Waals surface area contributed by atoms with E-state index < -0.39 is 0 Å². The molecule has 1 heterocycles. The molecule has 0 saturated carbocycles. The molecule has 0 aromatic heterocycles. The van der Waals surface area contributed by atoms with Crippen molar-refractivity contribution in [3.63, 3.8) is 0 Å². The van der Waals surface area contributed by atoms with Gasteiger partial charge in [0.2, 0.25) is 0 Å². The van der Waals surface area contributed by atoms with E-state index in [1.165, 1.54) is 25.8 Å². The van der Waals surface area contributed by atoms with Gasteiger partial charge in [0.25, 0.3) is 0 Å². The van der Waals surface area contributed by atoms with Gasteiger partial charge in [0.05, 0.1) is 12.7 Å². The summed E-state index contributed by atoms with van der Waals surface area (Å²) in [5, 5.41) is 12.9. The van der Waals surface area contributed by atoms with Gasteiger partial charge in [0.1, 0.15) is 0 Å². The molecule has 16 heavy (non-hydrogen) atoms. The Kier molecular flexibility index (Phi) is 6.96. The maximum Gasteiger partial charge on any atom is 0.0897 e. The Balaban J connectivity index is 2.05. The highest BCUT2D eigenvalue weighted by Gasteiger charge is 2.18. The molecule has 1 aliphatic rings. The van der Waals surface area contributed by atoms with Crippen LogP contribution in [-0.2, 0) is 4.74 Å². The van der Waals surface area contributed by atoms with Gasteiger partial charge in [0, 0.05) is 25.7 Å². The Hall–Kier alpha value is -0.160. The van der Waals surface area contributed by atoms with E-state index in [0.29, 0.717) is 25.8 Å². The third-order valence-corrected chi connectivity index (χ3v) is 3.20. The van der Waals surface area contributed by atoms with Gasteiger partial charge < -0.3 is 20.1 Å². The Labute approximate surface area is 99.0 Å². The first-order chi connectivity index (χ1) is 7.74. The first-order valence-corrected chi connectivity index (χ1v) is 6.40. The number of aliphatic hydroxyl groups is 1. The number of nitrogens with one attached hydrogen (secondary N) is 1. The van der Waals surface area contributed by atoms with Crippen LogP contribution in [0.4, 0.5) is 0 Å². The number of rotatable bonds is 7. The zero-order chi connectivity index (χ0) is 11.8. The Morgan fingerprint density at radius 2 is 2.31 bits per heavy atom. The molecule has 2 unspecified atom stereocenters. The van der Waals surface area contributed by atoms with E-state index in [0.717, 1.165) is 6.54 Å². The zero-order valence-corrected chi connectivity index (χ0v) is 10.6. The lowest BCUT2D eigenvalue weighted by Gasteiger charge is -2.32. The van der Waals surface area contributed by atoms with E-state index in [-0.39, 0.29) is 6.10 Å². The highest BCUT2D eigenvalue weighted by atomic mass is 16.5. The summed E-state index contributed by atoms with van der Waals surface area (Å²) in [6, 6.07) is 0.632. The second-order valence-electron chi connectivity index (χ2n) is 4.60. The molecule has 96 valence electrons. The number of ether oxygens (including phenoxy) is 1. The number of aliphatic hydroxyl groups excluding tert-OH is 1. The summed E-state index contributed by atoms with van der Waals surface area (Å²) in [6.45, 7) is 5.85. The third-order valence-electron chi connectivity index (χ3n) is 3.20. The number of likely N-dealkylation sites (tertiary alicyclic amines) is 1. The quantitative estimate of drug-likeness (QED) is 0.667. The second kappa shape index (κ2) is 8.01. The average Bonchev–Trinajstić information content (AvgIpc) is 2.29. The molecule has 2 atom stereocenters. The van der Waals surface area contributed by atoms with E-state index in [2.05, 4.69) is 17.3 Å². The van der Waals surface area contributed by atoms with Gasteiger partial charge in [0.15, 0.2) is 0 Å². The lowest BCUT2D eigenvalue weighted by Crippen LogP contribution is -2.44. The van der Waals surface area contributed by atoms with Crippen molar-refractivity contribution < 1.29 is 9.84 Å². The summed E-state index contributed by atoms with van der Waals surface area (Å²) in [5.41, 5.74) is 0. The van der Waals surface area contributed by atoms with E-state index in [4.69, 9.17) is 4.74 Å². The predicted molar refractivity (Wildman–Crippen MR) is 65.6 cm³/mol. The largest absolute Gasteiger partial charge is 0.389 e. The molecule has 0 aliphatic carbocycles. The van der Waals surface area contributed by atoms with Gasteiger partial charge in [-0.05, 0) is 33.4 Å². The third kappa shape index (κ3) is 5.25. The highest BCUT2D eigenvalue weighted by Crippen LogP contribution is 2.13. The van der Waals surface area contributed by atoms with Crippen LogP contribution in [0.3, 0.4) is 0 Å². The molecule has 0 aromatic rings. The molecular formula is C12H26N2O2. The van der Waals surface area contributed by atoms with Crippen LogP contribution in [0, 0.1) is 0 Å². The lowest BCUT2D eigenvalue weighted by atomic mass is 10.0. The van der Waals surface area contributed by atoms with Crippen molar-refractivity contribution in [2.24, 2.45) is 0 Å². The van der Waals surface area contributed by atoms with Crippen molar-refractivity contribution in [3.05, 3.63) is 0 Å².